The molecule has 4 rings (SSSR count). The van der Waals surface area contributed by atoms with Crippen molar-refractivity contribution in [2.24, 2.45) is 16.6 Å². The van der Waals surface area contributed by atoms with Gasteiger partial charge in [0.25, 0.3) is 0 Å². The number of phenols is 1. The average molecular weight is 355 g/mol. The van der Waals surface area contributed by atoms with Gasteiger partial charge in [-0.3, -0.25) is 0 Å². The molecule has 8 heteroatoms. The summed E-state index contributed by atoms with van der Waals surface area (Å²) in [4.78, 5) is 12.0. The number of amidine groups is 1. The van der Waals surface area contributed by atoms with Crippen molar-refractivity contribution in [1.29, 1.82) is 0 Å². The standard InChI is InChI=1S/C18H15F2N5O/c19-10-6-11-14(13(26)7-10)23-17(22)25-16(11)24-15(21)12-8-18(12,20)9-4-2-1-3-5-9/h1-7,12,26H,8H2,(H4,21,22,23,24,25). The summed E-state index contributed by atoms with van der Waals surface area (Å²) >= 11 is 0. The van der Waals surface area contributed by atoms with Crippen molar-refractivity contribution in [3.05, 3.63) is 53.8 Å². The summed E-state index contributed by atoms with van der Waals surface area (Å²) in [5.41, 5.74) is 10.6. The van der Waals surface area contributed by atoms with Gasteiger partial charge in [-0.1, -0.05) is 30.3 Å². The first-order chi connectivity index (χ1) is 12.4. The largest absolute Gasteiger partial charge is 0.506 e. The summed E-state index contributed by atoms with van der Waals surface area (Å²) in [6.45, 7) is 0. The molecule has 3 aromatic rings. The first-order valence-electron chi connectivity index (χ1n) is 7.93. The summed E-state index contributed by atoms with van der Waals surface area (Å²) in [6, 6.07) is 10.7. The van der Waals surface area contributed by atoms with Gasteiger partial charge in [0, 0.05) is 6.07 Å². The van der Waals surface area contributed by atoms with Crippen molar-refractivity contribution in [3.8, 4) is 5.75 Å². The van der Waals surface area contributed by atoms with Crippen molar-refractivity contribution >= 4 is 28.5 Å². The first kappa shape index (κ1) is 16.2. The molecule has 0 radical (unpaired) electrons. The maximum Gasteiger partial charge on any atom is 0.222 e. The molecular weight excluding hydrogens is 340 g/mol. The molecule has 1 aliphatic rings. The Balaban J connectivity index is 1.75. The highest BCUT2D eigenvalue weighted by molar-refractivity contribution is 5.97. The molecule has 0 spiro atoms. The quantitative estimate of drug-likeness (QED) is 0.494. The molecule has 1 heterocycles. The number of aromatic nitrogens is 2. The third kappa shape index (κ3) is 2.59. The molecule has 2 unspecified atom stereocenters. The van der Waals surface area contributed by atoms with Gasteiger partial charge in [0.05, 0.1) is 11.3 Å². The number of rotatable bonds is 3. The van der Waals surface area contributed by atoms with E-state index in [-0.39, 0.29) is 40.7 Å². The number of nitrogen functional groups attached to an aromatic ring is 1. The monoisotopic (exact) mass is 355 g/mol. The Bertz CT molecular complexity index is 1040. The number of fused-ring (bicyclic) bond motifs is 1. The van der Waals surface area contributed by atoms with Crippen molar-refractivity contribution < 1.29 is 13.9 Å². The highest BCUT2D eigenvalue weighted by Crippen LogP contribution is 2.55. The van der Waals surface area contributed by atoms with Crippen LogP contribution in [0.25, 0.3) is 10.9 Å². The fourth-order valence-corrected chi connectivity index (χ4v) is 3.08. The lowest BCUT2D eigenvalue weighted by atomic mass is 10.1. The number of benzene rings is 2. The number of alkyl halides is 1. The van der Waals surface area contributed by atoms with Gasteiger partial charge < -0.3 is 16.6 Å². The highest BCUT2D eigenvalue weighted by Gasteiger charge is 2.58. The molecule has 2 aromatic carbocycles. The van der Waals surface area contributed by atoms with Crippen LogP contribution in [0.4, 0.5) is 20.5 Å². The lowest BCUT2D eigenvalue weighted by Gasteiger charge is -2.09. The minimum Gasteiger partial charge on any atom is -0.506 e. The van der Waals surface area contributed by atoms with Crippen LogP contribution < -0.4 is 11.5 Å². The van der Waals surface area contributed by atoms with E-state index in [1.807, 2.05) is 0 Å². The molecule has 1 saturated carbocycles. The predicted molar refractivity (Wildman–Crippen MR) is 94.2 cm³/mol. The molecule has 1 aliphatic carbocycles. The van der Waals surface area contributed by atoms with Crippen molar-refractivity contribution in [2.75, 3.05) is 5.73 Å². The van der Waals surface area contributed by atoms with E-state index in [0.717, 1.165) is 12.1 Å². The average Bonchev–Trinajstić information content (AvgIpc) is 3.30. The van der Waals surface area contributed by atoms with Gasteiger partial charge in [0.2, 0.25) is 5.95 Å². The Labute approximate surface area is 147 Å². The predicted octanol–water partition coefficient (Wildman–Crippen LogP) is 2.93. The maximum absolute atomic E-state index is 15.1. The summed E-state index contributed by atoms with van der Waals surface area (Å²) in [6.07, 6.45) is 0.199. The zero-order valence-corrected chi connectivity index (χ0v) is 13.5. The third-order valence-electron chi connectivity index (χ3n) is 4.48. The number of anilines is 1. The minimum absolute atomic E-state index is 0.0119. The molecular formula is C18H15F2N5O. The number of aromatic hydroxyl groups is 1. The molecule has 1 fully saturated rings. The lowest BCUT2D eigenvalue weighted by Crippen LogP contribution is -2.19. The van der Waals surface area contributed by atoms with Gasteiger partial charge in [0.1, 0.15) is 28.6 Å². The minimum atomic E-state index is -1.59. The molecule has 6 nitrogen and oxygen atoms in total. The van der Waals surface area contributed by atoms with Crippen LogP contribution in [-0.4, -0.2) is 20.9 Å². The highest BCUT2D eigenvalue weighted by atomic mass is 19.1. The summed E-state index contributed by atoms with van der Waals surface area (Å²) < 4.78 is 28.7. The second-order valence-corrected chi connectivity index (χ2v) is 6.25. The molecule has 1 aromatic heterocycles. The van der Waals surface area contributed by atoms with Crippen LogP contribution in [0.5, 0.6) is 5.75 Å². The van der Waals surface area contributed by atoms with Gasteiger partial charge in [-0.05, 0) is 18.1 Å². The maximum atomic E-state index is 15.1. The van der Waals surface area contributed by atoms with E-state index >= 15 is 4.39 Å². The molecule has 0 amide bonds. The van der Waals surface area contributed by atoms with Crippen LogP contribution in [0, 0.1) is 11.7 Å². The Hall–Kier alpha value is -3.29. The van der Waals surface area contributed by atoms with Crippen molar-refractivity contribution in [1.82, 2.24) is 9.97 Å². The number of hydrogen-bond donors (Lipinski definition) is 3. The lowest BCUT2D eigenvalue weighted by molar-refractivity contribution is 0.304. The SMILES string of the molecule is NC(=Nc1nc(N)nc2c(O)cc(F)cc12)C1CC1(F)c1ccccc1. The Morgan fingerprint density at radius 2 is 1.96 bits per heavy atom. The molecule has 0 aliphatic heterocycles. The van der Waals surface area contributed by atoms with E-state index in [1.54, 1.807) is 30.3 Å². The van der Waals surface area contributed by atoms with E-state index in [9.17, 15) is 9.50 Å². The second kappa shape index (κ2) is 5.62. The Morgan fingerprint density at radius 1 is 1.23 bits per heavy atom. The van der Waals surface area contributed by atoms with Gasteiger partial charge in [-0.2, -0.15) is 4.98 Å². The van der Waals surface area contributed by atoms with E-state index in [1.165, 1.54) is 0 Å². The van der Waals surface area contributed by atoms with Crippen LogP contribution in [-0.2, 0) is 5.67 Å². The number of aliphatic imine (C=N–C) groups is 1. The summed E-state index contributed by atoms with van der Waals surface area (Å²) in [5.74, 6) is -1.83. The third-order valence-corrected chi connectivity index (χ3v) is 4.48. The van der Waals surface area contributed by atoms with Gasteiger partial charge in [-0.25, -0.2) is 18.8 Å². The van der Waals surface area contributed by atoms with Gasteiger partial charge in [0.15, 0.2) is 5.82 Å². The van der Waals surface area contributed by atoms with Crippen LogP contribution in [0.2, 0.25) is 0 Å². The second-order valence-electron chi connectivity index (χ2n) is 6.25. The molecule has 5 N–H and O–H groups in total. The molecule has 0 saturated heterocycles. The van der Waals surface area contributed by atoms with E-state index in [0.29, 0.717) is 5.56 Å². The fraction of sp³-hybridized carbons (Fsp3) is 0.167. The number of hydrogen-bond acceptors (Lipinski definition) is 5. The van der Waals surface area contributed by atoms with Crippen LogP contribution in [0.1, 0.15) is 12.0 Å². The normalized spacial score (nSPS) is 22.5. The first-order valence-corrected chi connectivity index (χ1v) is 7.93. The van der Waals surface area contributed by atoms with E-state index in [2.05, 4.69) is 15.0 Å². The molecule has 0 bridgehead atoms. The fourth-order valence-electron chi connectivity index (χ4n) is 3.08. The number of nitrogens with two attached hydrogens (primary N) is 2. The topological polar surface area (TPSA) is 110 Å². The zero-order chi connectivity index (χ0) is 18.5. The van der Waals surface area contributed by atoms with Crippen LogP contribution >= 0.6 is 0 Å². The van der Waals surface area contributed by atoms with Crippen molar-refractivity contribution in [3.63, 3.8) is 0 Å². The Kier molecular flexibility index (Phi) is 3.50. The van der Waals surface area contributed by atoms with E-state index in [4.69, 9.17) is 11.5 Å². The molecule has 26 heavy (non-hydrogen) atoms. The molecule has 132 valence electrons. The van der Waals surface area contributed by atoms with E-state index < -0.39 is 17.4 Å². The number of phenolic OH excluding ortho intramolecular Hbond substituents is 1. The van der Waals surface area contributed by atoms with Crippen LogP contribution in [0.15, 0.2) is 47.5 Å². The summed E-state index contributed by atoms with van der Waals surface area (Å²) in [7, 11) is 0. The van der Waals surface area contributed by atoms with Gasteiger partial charge in [-0.15, -0.1) is 0 Å². The van der Waals surface area contributed by atoms with Crippen LogP contribution in [0.3, 0.4) is 0 Å². The van der Waals surface area contributed by atoms with Gasteiger partial charge >= 0.3 is 0 Å². The number of halogens is 2. The zero-order valence-electron chi connectivity index (χ0n) is 13.5. The number of nitrogens with zero attached hydrogens (tertiary/aromatic N) is 3. The smallest absolute Gasteiger partial charge is 0.222 e. The Morgan fingerprint density at radius 3 is 2.69 bits per heavy atom. The molecule has 2 atom stereocenters. The summed E-state index contributed by atoms with van der Waals surface area (Å²) in [5, 5.41) is 10.0. The van der Waals surface area contributed by atoms with Crippen molar-refractivity contribution in [2.45, 2.75) is 12.1 Å².